The maximum Gasteiger partial charge on any atom is 0.103 e. The molecule has 1 aliphatic carbocycles. The molecule has 0 saturated heterocycles. The molecular weight excluding hydrogens is 306 g/mol. The van der Waals surface area contributed by atoms with E-state index in [9.17, 15) is 10.2 Å². The van der Waals surface area contributed by atoms with Crippen molar-refractivity contribution < 1.29 is 20.1 Å². The summed E-state index contributed by atoms with van der Waals surface area (Å²) in [6, 6.07) is 0. The first-order valence-electron chi connectivity index (χ1n) is 8.61. The van der Waals surface area contributed by atoms with Crippen molar-refractivity contribution in [1.29, 1.82) is 0 Å². The summed E-state index contributed by atoms with van der Waals surface area (Å²) >= 11 is 0. The number of aliphatic hydroxyl groups is 3. The molecule has 0 heterocycles. The number of rotatable bonds is 9. The van der Waals surface area contributed by atoms with Crippen molar-refractivity contribution in [1.82, 2.24) is 0 Å². The van der Waals surface area contributed by atoms with E-state index in [-0.39, 0.29) is 17.8 Å². The molecule has 5 nitrogen and oxygen atoms in total. The zero-order valence-corrected chi connectivity index (χ0v) is 15.1. The summed E-state index contributed by atoms with van der Waals surface area (Å²) < 4.78 is 5.45. The highest BCUT2D eigenvalue weighted by Gasteiger charge is 2.36. The van der Waals surface area contributed by atoms with Gasteiger partial charge < -0.3 is 25.8 Å². The normalized spacial score (nSPS) is 27.3. The third-order valence-corrected chi connectivity index (χ3v) is 4.78. The monoisotopic (exact) mass is 339 g/mol. The Morgan fingerprint density at radius 1 is 1.50 bits per heavy atom. The smallest absolute Gasteiger partial charge is 0.103 e. The molecule has 0 amide bonds. The zero-order chi connectivity index (χ0) is 18.3. The van der Waals surface area contributed by atoms with E-state index in [1.54, 1.807) is 6.26 Å². The molecule has 24 heavy (non-hydrogen) atoms. The van der Waals surface area contributed by atoms with E-state index in [0.29, 0.717) is 25.1 Å². The molecule has 138 valence electrons. The minimum absolute atomic E-state index is 0.0979. The van der Waals surface area contributed by atoms with Gasteiger partial charge in [0.2, 0.25) is 0 Å². The fourth-order valence-corrected chi connectivity index (χ4v) is 3.25. The first kappa shape index (κ1) is 20.7. The van der Waals surface area contributed by atoms with Crippen LogP contribution in [0.2, 0.25) is 0 Å². The van der Waals surface area contributed by atoms with Crippen LogP contribution in [0.5, 0.6) is 0 Å². The Kier molecular flexibility index (Phi) is 8.53. The van der Waals surface area contributed by atoms with Gasteiger partial charge in [-0.1, -0.05) is 24.1 Å². The van der Waals surface area contributed by atoms with Gasteiger partial charge in [0.25, 0.3) is 0 Å². The summed E-state index contributed by atoms with van der Waals surface area (Å²) in [4.78, 5) is 0. The zero-order valence-electron chi connectivity index (χ0n) is 15.1. The molecular formula is C19H33NO4. The fraction of sp³-hybridized carbons (Fsp3) is 0.684. The summed E-state index contributed by atoms with van der Waals surface area (Å²) in [5.74, 6) is 0.219. The number of nitrogens with two attached hydrogens (primary N) is 1. The highest BCUT2D eigenvalue weighted by atomic mass is 16.5. The molecule has 0 fully saturated rings. The van der Waals surface area contributed by atoms with Crippen LogP contribution in [0.3, 0.4) is 0 Å². The first-order chi connectivity index (χ1) is 11.3. The van der Waals surface area contributed by atoms with E-state index >= 15 is 0 Å². The molecule has 1 unspecified atom stereocenters. The maximum atomic E-state index is 10.3. The summed E-state index contributed by atoms with van der Waals surface area (Å²) in [6.45, 7) is 9.99. The Balaban J connectivity index is 2.67. The lowest BCUT2D eigenvalue weighted by Gasteiger charge is -2.38. The summed E-state index contributed by atoms with van der Waals surface area (Å²) in [5.41, 5.74) is 8.97. The standard InChI is InChI=1S/C19H33NO4/c1-12(2)5-6-24-11-16(20)9-15-7-13(3)8-17(14(15)4)19(23)18(22)10-21/h7,11,14-15,17-19,21-23H,1,5-6,8-10,20H2,2-4H3/t14-,15+,17?,18-,19+/m1/s1. The van der Waals surface area contributed by atoms with Gasteiger partial charge in [-0.3, -0.25) is 0 Å². The van der Waals surface area contributed by atoms with Crippen molar-refractivity contribution in [2.75, 3.05) is 13.2 Å². The fourth-order valence-electron chi connectivity index (χ4n) is 3.25. The van der Waals surface area contributed by atoms with Crippen LogP contribution in [-0.2, 0) is 4.74 Å². The minimum Gasteiger partial charge on any atom is -0.499 e. The Labute approximate surface area is 145 Å². The van der Waals surface area contributed by atoms with Gasteiger partial charge in [-0.15, -0.1) is 6.58 Å². The van der Waals surface area contributed by atoms with Gasteiger partial charge in [-0.05, 0) is 44.4 Å². The Morgan fingerprint density at radius 2 is 2.17 bits per heavy atom. The molecule has 5 atom stereocenters. The second-order valence-corrected chi connectivity index (χ2v) is 7.12. The molecule has 0 aliphatic heterocycles. The van der Waals surface area contributed by atoms with Crippen molar-refractivity contribution in [2.45, 2.75) is 52.2 Å². The molecule has 0 aromatic heterocycles. The molecule has 0 spiro atoms. The second kappa shape index (κ2) is 9.87. The third-order valence-electron chi connectivity index (χ3n) is 4.78. The summed E-state index contributed by atoms with van der Waals surface area (Å²) in [5, 5.41) is 29.1. The number of hydrogen-bond donors (Lipinski definition) is 4. The van der Waals surface area contributed by atoms with Gasteiger partial charge >= 0.3 is 0 Å². The van der Waals surface area contributed by atoms with Gasteiger partial charge in [0.1, 0.15) is 12.4 Å². The van der Waals surface area contributed by atoms with Gasteiger partial charge in [-0.25, -0.2) is 0 Å². The lowest BCUT2D eigenvalue weighted by molar-refractivity contribution is -0.0607. The van der Waals surface area contributed by atoms with Crippen molar-refractivity contribution in [3.05, 3.63) is 35.8 Å². The van der Waals surface area contributed by atoms with Gasteiger partial charge in [0.05, 0.1) is 19.3 Å². The van der Waals surface area contributed by atoms with Crippen LogP contribution in [0.1, 0.15) is 40.0 Å². The minimum atomic E-state index is -1.11. The van der Waals surface area contributed by atoms with Crippen LogP contribution in [0.25, 0.3) is 0 Å². The van der Waals surface area contributed by atoms with Gasteiger partial charge in [0, 0.05) is 12.1 Å². The summed E-state index contributed by atoms with van der Waals surface area (Å²) in [7, 11) is 0. The number of allylic oxidation sites excluding steroid dienone is 3. The van der Waals surface area contributed by atoms with Crippen molar-refractivity contribution in [3.63, 3.8) is 0 Å². The van der Waals surface area contributed by atoms with Crippen molar-refractivity contribution in [3.8, 4) is 0 Å². The van der Waals surface area contributed by atoms with E-state index in [0.717, 1.165) is 12.0 Å². The molecule has 0 saturated carbocycles. The van der Waals surface area contributed by atoms with E-state index in [4.69, 9.17) is 15.6 Å². The van der Waals surface area contributed by atoms with Crippen LogP contribution in [-0.4, -0.2) is 40.7 Å². The number of aliphatic hydroxyl groups excluding tert-OH is 3. The second-order valence-electron chi connectivity index (χ2n) is 7.12. The number of hydrogen-bond acceptors (Lipinski definition) is 5. The van der Waals surface area contributed by atoms with Gasteiger partial charge in [-0.2, -0.15) is 0 Å². The lowest BCUT2D eigenvalue weighted by atomic mass is 9.70. The maximum absolute atomic E-state index is 10.3. The third kappa shape index (κ3) is 6.30. The Bertz CT molecular complexity index is 472. The molecule has 0 aromatic rings. The van der Waals surface area contributed by atoms with Crippen LogP contribution < -0.4 is 5.73 Å². The highest BCUT2D eigenvalue weighted by Crippen LogP contribution is 2.38. The van der Waals surface area contributed by atoms with E-state index in [2.05, 4.69) is 19.6 Å². The van der Waals surface area contributed by atoms with E-state index in [1.807, 2.05) is 13.8 Å². The van der Waals surface area contributed by atoms with Crippen LogP contribution in [0.4, 0.5) is 0 Å². The number of ether oxygens (including phenoxy) is 1. The van der Waals surface area contributed by atoms with E-state index < -0.39 is 18.8 Å². The Morgan fingerprint density at radius 3 is 2.75 bits per heavy atom. The van der Waals surface area contributed by atoms with Crippen LogP contribution >= 0.6 is 0 Å². The first-order valence-corrected chi connectivity index (χ1v) is 8.61. The summed E-state index contributed by atoms with van der Waals surface area (Å²) in [6.07, 6.45) is 3.90. The highest BCUT2D eigenvalue weighted by molar-refractivity contribution is 5.13. The predicted octanol–water partition coefficient (Wildman–Crippen LogP) is 2.09. The van der Waals surface area contributed by atoms with Crippen LogP contribution in [0.15, 0.2) is 35.8 Å². The molecule has 5 N–H and O–H groups in total. The largest absolute Gasteiger partial charge is 0.499 e. The van der Waals surface area contributed by atoms with Crippen molar-refractivity contribution in [2.24, 2.45) is 23.5 Å². The Hall–Kier alpha value is -1.30. The SMILES string of the molecule is C=C(C)CCOC=C(N)C[C@@H]1C=C(C)CC([C@H](O)[C@H](O)CO)[C@@H]1C. The van der Waals surface area contributed by atoms with Crippen molar-refractivity contribution >= 4 is 0 Å². The van der Waals surface area contributed by atoms with E-state index in [1.165, 1.54) is 5.57 Å². The average molecular weight is 339 g/mol. The molecule has 0 radical (unpaired) electrons. The lowest BCUT2D eigenvalue weighted by Crippen LogP contribution is -2.42. The predicted molar refractivity (Wildman–Crippen MR) is 95.9 cm³/mol. The molecule has 1 rings (SSSR count). The molecule has 5 heteroatoms. The molecule has 0 bridgehead atoms. The molecule has 0 aromatic carbocycles. The quantitative estimate of drug-likeness (QED) is 0.293. The molecule has 1 aliphatic rings. The van der Waals surface area contributed by atoms with Gasteiger partial charge in [0.15, 0.2) is 0 Å². The van der Waals surface area contributed by atoms with Crippen LogP contribution in [0, 0.1) is 17.8 Å². The topological polar surface area (TPSA) is 95.9 Å². The average Bonchev–Trinajstić information content (AvgIpc) is 2.53.